The molecule has 9 heteroatoms. The van der Waals surface area contributed by atoms with Gasteiger partial charge in [0.2, 0.25) is 0 Å². The lowest BCUT2D eigenvalue weighted by Crippen LogP contribution is -2.29. The van der Waals surface area contributed by atoms with Crippen molar-refractivity contribution in [1.29, 1.82) is 0 Å². The minimum Gasteiger partial charge on any atom is -0.409 e. The number of anilines is 1. The van der Waals surface area contributed by atoms with E-state index in [1.165, 1.54) is 18.1 Å². The number of nitrogens with two attached hydrogens (primary N) is 1. The van der Waals surface area contributed by atoms with Crippen molar-refractivity contribution < 1.29 is 18.5 Å². The Balaban J connectivity index is 2.47. The van der Waals surface area contributed by atoms with Crippen LogP contribution in [0.25, 0.3) is 0 Å². The molecule has 8 nitrogen and oxygen atoms in total. The van der Waals surface area contributed by atoms with Crippen molar-refractivity contribution in [2.24, 2.45) is 0 Å². The van der Waals surface area contributed by atoms with Gasteiger partial charge in [0.05, 0.1) is 19.4 Å². The molecule has 0 spiro atoms. The third-order valence-electron chi connectivity index (χ3n) is 2.21. The highest BCUT2D eigenvalue weighted by atomic mass is 31.2. The molecule has 1 aromatic heterocycles. The van der Waals surface area contributed by atoms with E-state index >= 15 is 0 Å². The Morgan fingerprint density at radius 3 is 2.62 bits per heavy atom. The molecule has 0 aliphatic heterocycles. The van der Waals surface area contributed by atoms with Crippen molar-refractivity contribution in [2.45, 2.75) is 20.3 Å². The van der Waals surface area contributed by atoms with Crippen LogP contribution in [0.15, 0.2) is 29.0 Å². The van der Waals surface area contributed by atoms with E-state index in [0.717, 1.165) is 4.73 Å². The second-order valence-corrected chi connectivity index (χ2v) is 5.74. The number of aromatic nitrogens is 2. The van der Waals surface area contributed by atoms with E-state index in [1.54, 1.807) is 19.9 Å². The third-order valence-corrected chi connectivity index (χ3v) is 4.03. The van der Waals surface area contributed by atoms with E-state index in [-0.39, 0.29) is 12.4 Å². The summed E-state index contributed by atoms with van der Waals surface area (Å²) in [4.78, 5) is 20.1. The minimum absolute atomic E-state index is 0.133. The number of nitrogens with zero attached hydrogens (tertiary/aromatic N) is 2. The van der Waals surface area contributed by atoms with Crippen molar-refractivity contribution in [1.82, 2.24) is 9.71 Å². The van der Waals surface area contributed by atoms with Crippen molar-refractivity contribution in [3.05, 3.63) is 34.6 Å². The van der Waals surface area contributed by atoms with Crippen molar-refractivity contribution in [3.63, 3.8) is 0 Å². The van der Waals surface area contributed by atoms with Crippen LogP contribution in [0.2, 0.25) is 0 Å². The molecule has 0 unspecified atom stereocenters. The van der Waals surface area contributed by atoms with Crippen LogP contribution in [-0.4, -0.2) is 29.5 Å². The third kappa shape index (κ3) is 6.12. The molecule has 0 atom stereocenters. The van der Waals surface area contributed by atoms with E-state index in [9.17, 15) is 9.36 Å². The van der Waals surface area contributed by atoms with E-state index in [4.69, 9.17) is 19.6 Å². The highest BCUT2D eigenvalue weighted by molar-refractivity contribution is 7.57. The zero-order valence-corrected chi connectivity index (χ0v) is 13.0. The molecular formula is C12H20N3O5P. The highest BCUT2D eigenvalue weighted by Crippen LogP contribution is 2.49. The van der Waals surface area contributed by atoms with E-state index < -0.39 is 13.3 Å². The first-order valence-electron chi connectivity index (χ1n) is 6.55. The first-order chi connectivity index (χ1) is 10.0. The molecule has 0 amide bonds. The Kier molecular flexibility index (Phi) is 7.14. The van der Waals surface area contributed by atoms with Crippen LogP contribution in [0.3, 0.4) is 0 Å². The van der Waals surface area contributed by atoms with E-state index in [1.807, 2.05) is 0 Å². The number of hydrogen-bond donors (Lipinski definition) is 1. The molecule has 1 aromatic rings. The fraction of sp³-hybridized carbons (Fsp3) is 0.500. The molecule has 0 fully saturated rings. The molecule has 0 aromatic carbocycles. The zero-order valence-electron chi connectivity index (χ0n) is 12.1. The summed E-state index contributed by atoms with van der Waals surface area (Å²) < 4.78 is 23.3. The molecule has 0 radical (unpaired) electrons. The molecule has 1 rings (SSSR count). The predicted octanol–water partition coefficient (Wildman–Crippen LogP) is 1.42. The Hall–Kier alpha value is -1.63. The van der Waals surface area contributed by atoms with Crippen molar-refractivity contribution in [3.8, 4) is 0 Å². The van der Waals surface area contributed by atoms with Gasteiger partial charge in [-0.05, 0) is 13.8 Å². The second kappa shape index (κ2) is 8.61. The van der Waals surface area contributed by atoms with E-state index in [2.05, 4.69) is 4.98 Å². The van der Waals surface area contributed by atoms with Crippen LogP contribution in [0.1, 0.15) is 20.3 Å². The minimum atomic E-state index is -3.18. The lowest BCUT2D eigenvalue weighted by Gasteiger charge is -2.12. The summed E-state index contributed by atoms with van der Waals surface area (Å²) in [6.45, 7) is 4.28. The summed E-state index contributed by atoms with van der Waals surface area (Å²) >= 11 is 0. The molecule has 21 heavy (non-hydrogen) atoms. The molecule has 2 N–H and O–H groups in total. The lowest BCUT2D eigenvalue weighted by molar-refractivity contribution is 0.102. The normalized spacial score (nSPS) is 11.9. The lowest BCUT2D eigenvalue weighted by atomic mass is 10.5. The Labute approximate surface area is 123 Å². The van der Waals surface area contributed by atoms with Gasteiger partial charge in [-0.3, -0.25) is 4.57 Å². The Bertz CT molecular complexity index is 562. The fourth-order valence-electron chi connectivity index (χ4n) is 1.41. The summed E-state index contributed by atoms with van der Waals surface area (Å²) in [5.74, 6) is 1.53. The predicted molar refractivity (Wildman–Crippen MR) is 79.0 cm³/mol. The molecule has 118 valence electrons. The number of rotatable bonds is 9. The summed E-state index contributed by atoms with van der Waals surface area (Å²) in [5, 5.41) is 0. The van der Waals surface area contributed by atoms with Crippen molar-refractivity contribution in [2.75, 3.05) is 25.6 Å². The fourth-order valence-corrected chi connectivity index (χ4v) is 2.78. The second-order valence-electron chi connectivity index (χ2n) is 3.84. The van der Waals surface area contributed by atoms with Gasteiger partial charge in [-0.25, -0.2) is 4.79 Å². The van der Waals surface area contributed by atoms with Gasteiger partial charge in [-0.1, -0.05) is 6.08 Å². The van der Waals surface area contributed by atoms with Crippen LogP contribution >= 0.6 is 7.60 Å². The van der Waals surface area contributed by atoms with Crippen LogP contribution in [0.4, 0.5) is 5.82 Å². The van der Waals surface area contributed by atoms with Gasteiger partial charge in [-0.2, -0.15) is 4.98 Å². The average molecular weight is 317 g/mol. The molecule has 1 heterocycles. The first-order valence-corrected chi connectivity index (χ1v) is 8.17. The molecule has 0 saturated heterocycles. The van der Waals surface area contributed by atoms with Gasteiger partial charge < -0.3 is 19.6 Å². The largest absolute Gasteiger partial charge is 0.409 e. The standard InChI is InChI=1S/C12H20N3O5P/c1-3-19-21(17,20-4-2)10-6-5-9-18-15-8-7-11(13)14-12(15)16/h6-8,10H,3-5,9H2,1-2H3,(H2,13,14,16). The number of hydrogen-bond acceptors (Lipinski definition) is 7. The summed E-state index contributed by atoms with van der Waals surface area (Å²) in [6.07, 6.45) is 3.45. The summed E-state index contributed by atoms with van der Waals surface area (Å²) in [5.41, 5.74) is 4.77. The van der Waals surface area contributed by atoms with Gasteiger partial charge >= 0.3 is 13.3 Å². The zero-order chi connectivity index (χ0) is 15.7. The maximum Gasteiger partial charge on any atom is 0.382 e. The van der Waals surface area contributed by atoms with Gasteiger partial charge in [0.25, 0.3) is 0 Å². The monoisotopic (exact) mass is 317 g/mol. The van der Waals surface area contributed by atoms with E-state index in [0.29, 0.717) is 19.6 Å². The first kappa shape index (κ1) is 17.4. The topological polar surface area (TPSA) is 106 Å². The molecule has 0 saturated carbocycles. The maximum absolute atomic E-state index is 12.1. The summed E-state index contributed by atoms with van der Waals surface area (Å²) in [6, 6.07) is 1.45. The smallest absolute Gasteiger partial charge is 0.382 e. The van der Waals surface area contributed by atoms with Crippen LogP contribution in [-0.2, 0) is 13.6 Å². The quantitative estimate of drug-likeness (QED) is 0.542. The van der Waals surface area contributed by atoms with Gasteiger partial charge in [0.15, 0.2) is 0 Å². The van der Waals surface area contributed by atoms with Gasteiger partial charge in [0.1, 0.15) is 12.4 Å². The molecular weight excluding hydrogens is 297 g/mol. The van der Waals surface area contributed by atoms with Gasteiger partial charge in [0, 0.05) is 18.3 Å². The van der Waals surface area contributed by atoms with Gasteiger partial charge in [-0.15, -0.1) is 4.73 Å². The SMILES string of the molecule is CCOP(=O)(C=CCCOn1ccc(N)nc1=O)OCC. The number of nitrogen functional groups attached to an aromatic ring is 1. The van der Waals surface area contributed by atoms with Crippen LogP contribution < -0.4 is 16.3 Å². The maximum atomic E-state index is 12.1. The van der Waals surface area contributed by atoms with Crippen molar-refractivity contribution >= 4 is 13.4 Å². The van der Waals surface area contributed by atoms with Crippen LogP contribution in [0, 0.1) is 0 Å². The highest BCUT2D eigenvalue weighted by Gasteiger charge is 2.18. The molecule has 0 bridgehead atoms. The average Bonchev–Trinajstić information content (AvgIpc) is 2.41. The van der Waals surface area contributed by atoms with Crippen LogP contribution in [0.5, 0.6) is 0 Å². The molecule has 0 aliphatic carbocycles. The summed E-state index contributed by atoms with van der Waals surface area (Å²) in [7, 11) is -3.18. The molecule has 0 aliphatic rings. The Morgan fingerprint density at radius 1 is 1.38 bits per heavy atom. The Morgan fingerprint density at radius 2 is 2.05 bits per heavy atom.